The van der Waals surface area contributed by atoms with E-state index in [0.29, 0.717) is 0 Å². The molecule has 3 heteroatoms. The van der Waals surface area contributed by atoms with Crippen molar-refractivity contribution in [3.63, 3.8) is 0 Å². The molecule has 0 radical (unpaired) electrons. The van der Waals surface area contributed by atoms with Crippen LogP contribution in [0.15, 0.2) is 54.9 Å². The Hall–Kier alpha value is -2.48. The third-order valence-electron chi connectivity index (χ3n) is 8.17. The third-order valence-corrected chi connectivity index (χ3v) is 10.6. The minimum absolute atomic E-state index is 0.0517. The van der Waals surface area contributed by atoms with Crippen molar-refractivity contribution in [1.82, 2.24) is 9.97 Å². The van der Waals surface area contributed by atoms with Crippen molar-refractivity contribution in [2.45, 2.75) is 77.6 Å². The van der Waals surface area contributed by atoms with E-state index in [1.54, 1.807) is 6.33 Å². The van der Waals surface area contributed by atoms with Crippen LogP contribution in [0.2, 0.25) is 0 Å². The summed E-state index contributed by atoms with van der Waals surface area (Å²) >= 11 is 0.196. The molecule has 0 bridgehead atoms. The zero-order valence-corrected chi connectivity index (χ0v) is 23.6. The SMILES string of the molecule is CC(C)(C)c1cc(-c2ncnc3c2[se]c2cc4c(cc23)C(C)(C)CCC4(C)C)cc2ccccc12. The summed E-state index contributed by atoms with van der Waals surface area (Å²) in [5.41, 5.74) is 8.37. The summed E-state index contributed by atoms with van der Waals surface area (Å²) in [5.74, 6) is 0. The minimum atomic E-state index is 0.0517. The number of hydrogen-bond donors (Lipinski definition) is 0. The molecule has 0 fully saturated rings. The molecule has 0 unspecified atom stereocenters. The second kappa shape index (κ2) is 7.51. The Bertz CT molecular complexity index is 1630. The summed E-state index contributed by atoms with van der Waals surface area (Å²) in [6.07, 6.45) is 4.24. The van der Waals surface area contributed by atoms with Gasteiger partial charge in [-0.25, -0.2) is 0 Å². The molecule has 6 rings (SSSR count). The van der Waals surface area contributed by atoms with Gasteiger partial charge in [0, 0.05) is 0 Å². The quantitative estimate of drug-likeness (QED) is 0.206. The Morgan fingerprint density at radius 1 is 0.800 bits per heavy atom. The molecule has 3 aromatic carbocycles. The van der Waals surface area contributed by atoms with Crippen molar-refractivity contribution < 1.29 is 0 Å². The van der Waals surface area contributed by atoms with E-state index in [2.05, 4.69) is 97.0 Å². The summed E-state index contributed by atoms with van der Waals surface area (Å²) in [4.78, 5) is 9.75. The van der Waals surface area contributed by atoms with Gasteiger partial charge >= 0.3 is 215 Å². The van der Waals surface area contributed by atoms with Gasteiger partial charge in [0.1, 0.15) is 0 Å². The first-order valence-corrected chi connectivity index (χ1v) is 14.4. The average molecular weight is 526 g/mol. The summed E-state index contributed by atoms with van der Waals surface area (Å²) < 4.78 is 2.80. The standard InChI is InChI=1S/C32H34N2Se/c1-30(2,3)23-15-20(14-19-10-8-9-11-21(19)23)27-29-28(34-18-33-27)22-16-24-25(17-26(22)35-29)32(6,7)13-12-31(24,4)5/h8-11,14-18H,12-13H2,1-7H3. The zero-order valence-electron chi connectivity index (χ0n) is 21.9. The summed E-state index contributed by atoms with van der Waals surface area (Å²) in [6.45, 7) is 16.5. The van der Waals surface area contributed by atoms with Crippen LogP contribution in [0.3, 0.4) is 0 Å². The van der Waals surface area contributed by atoms with Crippen LogP contribution in [0.25, 0.3) is 41.5 Å². The monoisotopic (exact) mass is 526 g/mol. The predicted molar refractivity (Wildman–Crippen MR) is 151 cm³/mol. The van der Waals surface area contributed by atoms with Gasteiger partial charge < -0.3 is 0 Å². The van der Waals surface area contributed by atoms with Gasteiger partial charge in [-0.05, 0) is 0 Å². The van der Waals surface area contributed by atoms with Crippen molar-refractivity contribution >= 4 is 44.7 Å². The van der Waals surface area contributed by atoms with Gasteiger partial charge in [0.15, 0.2) is 0 Å². The molecule has 0 spiro atoms. The number of hydrogen-bond acceptors (Lipinski definition) is 2. The zero-order chi connectivity index (χ0) is 24.8. The molecule has 178 valence electrons. The normalized spacial score (nSPS) is 17.2. The van der Waals surface area contributed by atoms with Gasteiger partial charge in [-0.2, -0.15) is 0 Å². The third kappa shape index (κ3) is 3.59. The Labute approximate surface area is 214 Å². The van der Waals surface area contributed by atoms with Crippen LogP contribution in [0.1, 0.15) is 78.0 Å². The molecular weight excluding hydrogens is 491 g/mol. The molecule has 1 aliphatic rings. The molecule has 35 heavy (non-hydrogen) atoms. The molecule has 2 nitrogen and oxygen atoms in total. The van der Waals surface area contributed by atoms with Gasteiger partial charge in [-0.1, -0.05) is 0 Å². The van der Waals surface area contributed by atoms with Crippen LogP contribution in [-0.4, -0.2) is 24.5 Å². The van der Waals surface area contributed by atoms with E-state index in [4.69, 9.17) is 9.97 Å². The molecule has 2 aromatic heterocycles. The molecule has 0 aliphatic heterocycles. The molecule has 0 saturated heterocycles. The van der Waals surface area contributed by atoms with Gasteiger partial charge in [-0.3, -0.25) is 0 Å². The molecule has 0 N–H and O–H groups in total. The number of benzene rings is 3. The first-order valence-electron chi connectivity index (χ1n) is 12.7. The van der Waals surface area contributed by atoms with Gasteiger partial charge in [0.25, 0.3) is 0 Å². The van der Waals surface area contributed by atoms with Crippen molar-refractivity contribution in [2.75, 3.05) is 0 Å². The van der Waals surface area contributed by atoms with Crippen LogP contribution in [0.5, 0.6) is 0 Å². The number of rotatable bonds is 1. The summed E-state index contributed by atoms with van der Waals surface area (Å²) in [5, 5.41) is 3.95. The average Bonchev–Trinajstić information content (AvgIpc) is 3.18. The predicted octanol–water partition coefficient (Wildman–Crippen LogP) is 8.31. The topological polar surface area (TPSA) is 25.8 Å². The fraction of sp³-hybridized carbons (Fsp3) is 0.375. The Balaban J connectivity index is 1.65. The fourth-order valence-electron chi connectivity index (χ4n) is 5.91. The second-order valence-electron chi connectivity index (χ2n) is 12.7. The van der Waals surface area contributed by atoms with E-state index in [1.807, 2.05) is 0 Å². The maximum absolute atomic E-state index is 4.89. The van der Waals surface area contributed by atoms with Crippen LogP contribution in [-0.2, 0) is 16.2 Å². The molecule has 0 amide bonds. The van der Waals surface area contributed by atoms with E-state index in [-0.39, 0.29) is 30.7 Å². The first kappa shape index (κ1) is 23.0. The first-order chi connectivity index (χ1) is 16.5. The van der Waals surface area contributed by atoms with E-state index in [1.165, 1.54) is 59.8 Å². The molecule has 1 aliphatic carbocycles. The molecule has 0 atom stereocenters. The second-order valence-corrected chi connectivity index (χ2v) is 14.9. The van der Waals surface area contributed by atoms with Crippen molar-refractivity contribution in [2.24, 2.45) is 0 Å². The fourth-order valence-corrected chi connectivity index (χ4v) is 8.40. The van der Waals surface area contributed by atoms with Gasteiger partial charge in [0.05, 0.1) is 0 Å². The summed E-state index contributed by atoms with van der Waals surface area (Å²) in [6, 6.07) is 18.5. The van der Waals surface area contributed by atoms with Crippen LogP contribution in [0.4, 0.5) is 0 Å². The number of fused-ring (bicyclic) bond motifs is 5. The van der Waals surface area contributed by atoms with E-state index in [0.717, 1.165) is 11.2 Å². The maximum atomic E-state index is 4.89. The number of nitrogens with zero attached hydrogens (tertiary/aromatic N) is 2. The van der Waals surface area contributed by atoms with Crippen molar-refractivity contribution in [1.29, 1.82) is 0 Å². The molecular formula is C32H34N2Se. The Morgan fingerprint density at radius 3 is 2.20 bits per heavy atom. The van der Waals surface area contributed by atoms with Crippen molar-refractivity contribution in [3.8, 4) is 11.3 Å². The van der Waals surface area contributed by atoms with E-state index in [9.17, 15) is 0 Å². The van der Waals surface area contributed by atoms with E-state index < -0.39 is 0 Å². The van der Waals surface area contributed by atoms with E-state index >= 15 is 0 Å². The Kier molecular flexibility index (Phi) is 4.93. The van der Waals surface area contributed by atoms with Crippen LogP contribution >= 0.6 is 0 Å². The summed E-state index contributed by atoms with van der Waals surface area (Å²) in [7, 11) is 0. The van der Waals surface area contributed by atoms with Crippen LogP contribution < -0.4 is 0 Å². The molecule has 0 saturated carbocycles. The van der Waals surface area contributed by atoms with Crippen LogP contribution in [0, 0.1) is 0 Å². The Morgan fingerprint density at radius 2 is 1.49 bits per heavy atom. The van der Waals surface area contributed by atoms with Gasteiger partial charge in [0.2, 0.25) is 0 Å². The van der Waals surface area contributed by atoms with Gasteiger partial charge in [-0.15, -0.1) is 0 Å². The number of aromatic nitrogens is 2. The van der Waals surface area contributed by atoms with Crippen molar-refractivity contribution in [3.05, 3.63) is 71.5 Å². The molecule has 5 aromatic rings. The molecule has 2 heterocycles.